The lowest BCUT2D eigenvalue weighted by atomic mass is 9.87. The molecular formula is C16H21NO2. The maximum atomic E-state index is 11.5. The standard InChI is InChI=1S/C16H21NO2/c1-11-8-9-17(15(11)16(18)19)14-7-6-12-4-2-3-5-13(12)10-14/h2-5,11,14-15H,6-10H2,1H3,(H,18,19). The molecule has 0 spiro atoms. The van der Waals surface area contributed by atoms with Crippen LogP contribution in [0.2, 0.25) is 0 Å². The van der Waals surface area contributed by atoms with E-state index in [1.807, 2.05) is 0 Å². The largest absolute Gasteiger partial charge is 0.480 e. The summed E-state index contributed by atoms with van der Waals surface area (Å²) in [6, 6.07) is 8.69. The average Bonchev–Trinajstić information content (AvgIpc) is 2.80. The van der Waals surface area contributed by atoms with Gasteiger partial charge < -0.3 is 5.11 Å². The van der Waals surface area contributed by atoms with E-state index < -0.39 is 5.97 Å². The first kappa shape index (κ1) is 12.7. The van der Waals surface area contributed by atoms with Crippen molar-refractivity contribution in [2.75, 3.05) is 6.54 Å². The van der Waals surface area contributed by atoms with Crippen LogP contribution >= 0.6 is 0 Å². The fourth-order valence-electron chi connectivity index (χ4n) is 3.73. The Kier molecular flexibility index (Phi) is 3.31. The molecule has 0 radical (unpaired) electrons. The number of aliphatic carboxylic acids is 1. The van der Waals surface area contributed by atoms with Crippen LogP contribution in [0, 0.1) is 5.92 Å². The molecule has 3 atom stereocenters. The van der Waals surface area contributed by atoms with Crippen LogP contribution in [0.3, 0.4) is 0 Å². The number of rotatable bonds is 2. The highest BCUT2D eigenvalue weighted by Crippen LogP contribution is 2.32. The molecule has 0 aromatic heterocycles. The Bertz CT molecular complexity index is 485. The third-order valence-electron chi connectivity index (χ3n) is 4.78. The molecule has 3 nitrogen and oxygen atoms in total. The molecule has 1 aliphatic heterocycles. The van der Waals surface area contributed by atoms with E-state index in [4.69, 9.17) is 0 Å². The summed E-state index contributed by atoms with van der Waals surface area (Å²) >= 11 is 0. The molecule has 3 heteroatoms. The minimum absolute atomic E-state index is 0.273. The zero-order valence-electron chi connectivity index (χ0n) is 11.4. The number of carbonyl (C=O) groups is 1. The first-order valence-corrected chi connectivity index (χ1v) is 7.22. The van der Waals surface area contributed by atoms with Crippen molar-refractivity contribution < 1.29 is 9.90 Å². The highest BCUT2D eigenvalue weighted by Gasteiger charge is 2.40. The van der Waals surface area contributed by atoms with Crippen molar-refractivity contribution in [3.8, 4) is 0 Å². The number of hydrogen-bond donors (Lipinski definition) is 1. The molecule has 3 unspecified atom stereocenters. The number of benzene rings is 1. The third-order valence-corrected chi connectivity index (χ3v) is 4.78. The van der Waals surface area contributed by atoms with Gasteiger partial charge in [-0.2, -0.15) is 0 Å². The van der Waals surface area contributed by atoms with E-state index in [0.717, 1.165) is 32.2 Å². The topological polar surface area (TPSA) is 40.5 Å². The number of nitrogens with zero attached hydrogens (tertiary/aromatic N) is 1. The lowest BCUT2D eigenvalue weighted by Gasteiger charge is -2.35. The van der Waals surface area contributed by atoms with Crippen LogP contribution < -0.4 is 0 Å². The molecule has 102 valence electrons. The van der Waals surface area contributed by atoms with Crippen molar-refractivity contribution >= 4 is 5.97 Å². The number of fused-ring (bicyclic) bond motifs is 1. The summed E-state index contributed by atoms with van der Waals surface area (Å²) < 4.78 is 0. The highest BCUT2D eigenvalue weighted by molar-refractivity contribution is 5.74. The van der Waals surface area contributed by atoms with E-state index in [9.17, 15) is 9.90 Å². The normalized spacial score (nSPS) is 31.1. The second kappa shape index (κ2) is 4.97. The molecule has 0 saturated carbocycles. The van der Waals surface area contributed by atoms with Gasteiger partial charge in [-0.3, -0.25) is 9.69 Å². The van der Waals surface area contributed by atoms with E-state index in [0.29, 0.717) is 6.04 Å². The van der Waals surface area contributed by atoms with E-state index >= 15 is 0 Å². The molecule has 1 fully saturated rings. The van der Waals surface area contributed by atoms with Gasteiger partial charge in [0.05, 0.1) is 0 Å². The Labute approximate surface area is 114 Å². The SMILES string of the molecule is CC1CCN(C2CCc3ccccc3C2)C1C(=O)O. The summed E-state index contributed by atoms with van der Waals surface area (Å²) in [7, 11) is 0. The van der Waals surface area contributed by atoms with E-state index in [-0.39, 0.29) is 12.0 Å². The predicted molar refractivity (Wildman–Crippen MR) is 74.2 cm³/mol. The van der Waals surface area contributed by atoms with E-state index in [1.165, 1.54) is 11.1 Å². The number of hydrogen-bond acceptors (Lipinski definition) is 2. The first-order valence-electron chi connectivity index (χ1n) is 7.22. The second-order valence-electron chi connectivity index (χ2n) is 5.95. The molecule has 1 saturated heterocycles. The summed E-state index contributed by atoms with van der Waals surface area (Å²) in [5.74, 6) is -0.376. The Hall–Kier alpha value is -1.35. The molecular weight excluding hydrogens is 238 g/mol. The van der Waals surface area contributed by atoms with Crippen molar-refractivity contribution in [1.82, 2.24) is 4.90 Å². The van der Waals surface area contributed by atoms with Crippen molar-refractivity contribution in [1.29, 1.82) is 0 Å². The number of carboxylic acid groups (broad SMARTS) is 1. The Morgan fingerprint density at radius 1 is 1.26 bits per heavy atom. The zero-order valence-corrected chi connectivity index (χ0v) is 11.4. The molecule has 3 rings (SSSR count). The van der Waals surface area contributed by atoms with Gasteiger partial charge in [-0.1, -0.05) is 31.2 Å². The van der Waals surface area contributed by atoms with Crippen LogP contribution in [0.15, 0.2) is 24.3 Å². The van der Waals surface area contributed by atoms with Gasteiger partial charge in [0.1, 0.15) is 6.04 Å². The second-order valence-corrected chi connectivity index (χ2v) is 5.95. The van der Waals surface area contributed by atoms with Gasteiger partial charge in [0.25, 0.3) is 0 Å². The molecule has 1 aromatic rings. The summed E-state index contributed by atoms with van der Waals surface area (Å²) in [5.41, 5.74) is 2.85. The van der Waals surface area contributed by atoms with Crippen LogP contribution in [-0.4, -0.2) is 34.6 Å². The monoisotopic (exact) mass is 259 g/mol. The summed E-state index contributed by atoms with van der Waals surface area (Å²) in [4.78, 5) is 13.7. The molecule has 19 heavy (non-hydrogen) atoms. The predicted octanol–water partition coefficient (Wildman–Crippen LogP) is 2.34. The number of aryl methyl sites for hydroxylation is 1. The van der Waals surface area contributed by atoms with Gasteiger partial charge in [0, 0.05) is 6.04 Å². The van der Waals surface area contributed by atoms with Crippen molar-refractivity contribution in [3.63, 3.8) is 0 Å². The van der Waals surface area contributed by atoms with E-state index in [1.54, 1.807) is 0 Å². The van der Waals surface area contributed by atoms with E-state index in [2.05, 4.69) is 36.1 Å². The smallest absolute Gasteiger partial charge is 0.321 e. The quantitative estimate of drug-likeness (QED) is 0.886. The van der Waals surface area contributed by atoms with Crippen molar-refractivity contribution in [3.05, 3.63) is 35.4 Å². The lowest BCUT2D eigenvalue weighted by Crippen LogP contribution is -2.47. The lowest BCUT2D eigenvalue weighted by molar-refractivity contribution is -0.144. The Balaban J connectivity index is 1.79. The zero-order chi connectivity index (χ0) is 13.4. The van der Waals surface area contributed by atoms with Gasteiger partial charge in [-0.05, 0) is 49.3 Å². The van der Waals surface area contributed by atoms with Gasteiger partial charge in [0.15, 0.2) is 0 Å². The van der Waals surface area contributed by atoms with Gasteiger partial charge in [0.2, 0.25) is 0 Å². The molecule has 1 heterocycles. The Morgan fingerprint density at radius 2 is 2.00 bits per heavy atom. The molecule has 2 aliphatic rings. The fourth-order valence-corrected chi connectivity index (χ4v) is 3.73. The summed E-state index contributed by atoms with van der Waals surface area (Å²) in [6.07, 6.45) is 4.19. The third kappa shape index (κ3) is 2.27. The summed E-state index contributed by atoms with van der Waals surface area (Å²) in [6.45, 7) is 3.00. The van der Waals surface area contributed by atoms with Crippen LogP contribution in [-0.2, 0) is 17.6 Å². The van der Waals surface area contributed by atoms with Gasteiger partial charge in [-0.15, -0.1) is 0 Å². The van der Waals surface area contributed by atoms with Crippen LogP contribution in [0.5, 0.6) is 0 Å². The van der Waals surface area contributed by atoms with Crippen molar-refractivity contribution in [2.24, 2.45) is 5.92 Å². The summed E-state index contributed by atoms with van der Waals surface area (Å²) in [5, 5.41) is 9.44. The minimum Gasteiger partial charge on any atom is -0.480 e. The minimum atomic E-state index is -0.649. The highest BCUT2D eigenvalue weighted by atomic mass is 16.4. The first-order chi connectivity index (χ1) is 9.16. The van der Waals surface area contributed by atoms with Crippen molar-refractivity contribution in [2.45, 2.75) is 44.7 Å². The number of likely N-dealkylation sites (tertiary alicyclic amines) is 1. The molecule has 0 bridgehead atoms. The van der Waals surface area contributed by atoms with Crippen LogP contribution in [0.25, 0.3) is 0 Å². The van der Waals surface area contributed by atoms with Gasteiger partial charge >= 0.3 is 5.97 Å². The maximum Gasteiger partial charge on any atom is 0.321 e. The molecule has 0 amide bonds. The molecule has 1 aliphatic carbocycles. The molecule has 1 aromatic carbocycles. The number of carboxylic acids is 1. The van der Waals surface area contributed by atoms with Crippen LogP contribution in [0.1, 0.15) is 30.9 Å². The maximum absolute atomic E-state index is 11.5. The Morgan fingerprint density at radius 3 is 2.74 bits per heavy atom. The fraction of sp³-hybridized carbons (Fsp3) is 0.562. The average molecular weight is 259 g/mol. The molecule has 1 N–H and O–H groups in total. The van der Waals surface area contributed by atoms with Gasteiger partial charge in [-0.25, -0.2) is 0 Å². The van der Waals surface area contributed by atoms with Crippen LogP contribution in [0.4, 0.5) is 0 Å².